The maximum absolute atomic E-state index is 12.5. The Morgan fingerprint density at radius 1 is 1.22 bits per heavy atom. The fourth-order valence-electron chi connectivity index (χ4n) is 2.89. The zero-order valence-electron chi connectivity index (χ0n) is 15.2. The van der Waals surface area contributed by atoms with Gasteiger partial charge in [0.1, 0.15) is 11.5 Å². The van der Waals surface area contributed by atoms with Gasteiger partial charge in [-0.25, -0.2) is 8.42 Å². The first-order valence-corrected chi connectivity index (χ1v) is 10.4. The molecule has 0 unspecified atom stereocenters. The number of nitrogens with zero attached hydrogens (tertiary/aromatic N) is 1. The molecule has 0 aromatic heterocycles. The normalized spacial score (nSPS) is 16.2. The highest BCUT2D eigenvalue weighted by Gasteiger charge is 2.34. The molecule has 1 N–H and O–H groups in total. The Labute approximate surface area is 158 Å². The summed E-state index contributed by atoms with van der Waals surface area (Å²) >= 11 is 0. The van der Waals surface area contributed by atoms with Crippen LogP contribution in [0.1, 0.15) is 5.56 Å². The number of benzene rings is 2. The van der Waals surface area contributed by atoms with Crippen LogP contribution < -0.4 is 19.1 Å². The lowest BCUT2D eigenvalue weighted by Crippen LogP contribution is -2.50. The van der Waals surface area contributed by atoms with E-state index in [1.165, 1.54) is 4.31 Å². The number of para-hydroxylation sites is 2. The highest BCUT2D eigenvalue weighted by atomic mass is 32.2. The SMILES string of the molecule is COc1ccc(CCNC(=O)[C@H]2CN(S(C)(=O)=O)c3ccccc3O2)cc1. The van der Waals surface area contributed by atoms with Crippen LogP contribution in [0.2, 0.25) is 0 Å². The topological polar surface area (TPSA) is 84.9 Å². The van der Waals surface area contributed by atoms with Gasteiger partial charge in [0.15, 0.2) is 6.10 Å². The number of sulfonamides is 1. The lowest BCUT2D eigenvalue weighted by atomic mass is 10.1. The zero-order chi connectivity index (χ0) is 19.4. The number of hydrogen-bond donors (Lipinski definition) is 1. The Hall–Kier alpha value is -2.74. The molecule has 0 saturated carbocycles. The van der Waals surface area contributed by atoms with Crippen molar-refractivity contribution < 1.29 is 22.7 Å². The fraction of sp³-hybridized carbons (Fsp3) is 0.316. The van der Waals surface area contributed by atoms with E-state index in [1.807, 2.05) is 24.3 Å². The molecule has 0 spiro atoms. The summed E-state index contributed by atoms with van der Waals surface area (Å²) in [4.78, 5) is 12.5. The molecule has 7 nitrogen and oxygen atoms in total. The van der Waals surface area contributed by atoms with E-state index in [2.05, 4.69) is 5.32 Å². The number of amides is 1. The van der Waals surface area contributed by atoms with Gasteiger partial charge in [0.05, 0.1) is 25.6 Å². The number of hydrogen-bond acceptors (Lipinski definition) is 5. The molecule has 0 bridgehead atoms. The van der Waals surface area contributed by atoms with Crippen molar-refractivity contribution >= 4 is 21.6 Å². The van der Waals surface area contributed by atoms with Crippen molar-refractivity contribution in [3.8, 4) is 11.5 Å². The molecule has 0 radical (unpaired) electrons. The number of nitrogens with one attached hydrogen (secondary N) is 1. The summed E-state index contributed by atoms with van der Waals surface area (Å²) < 4.78 is 36.2. The smallest absolute Gasteiger partial charge is 0.263 e. The van der Waals surface area contributed by atoms with Crippen LogP contribution in [-0.4, -0.2) is 46.9 Å². The van der Waals surface area contributed by atoms with E-state index in [0.717, 1.165) is 17.6 Å². The molecule has 0 saturated heterocycles. The summed E-state index contributed by atoms with van der Waals surface area (Å²) in [5, 5.41) is 2.82. The second-order valence-corrected chi connectivity index (χ2v) is 8.16. The molecular weight excluding hydrogens is 368 g/mol. The van der Waals surface area contributed by atoms with Gasteiger partial charge in [0, 0.05) is 6.54 Å². The first-order chi connectivity index (χ1) is 12.9. The highest BCUT2D eigenvalue weighted by molar-refractivity contribution is 7.92. The van der Waals surface area contributed by atoms with Gasteiger partial charge in [-0.2, -0.15) is 0 Å². The van der Waals surface area contributed by atoms with Gasteiger partial charge >= 0.3 is 0 Å². The summed E-state index contributed by atoms with van der Waals surface area (Å²) in [5.74, 6) is 0.814. The lowest BCUT2D eigenvalue weighted by molar-refractivity contribution is -0.127. The molecule has 0 fully saturated rings. The summed E-state index contributed by atoms with van der Waals surface area (Å²) in [6, 6.07) is 14.4. The van der Waals surface area contributed by atoms with Crippen LogP contribution >= 0.6 is 0 Å². The molecule has 2 aromatic rings. The second kappa shape index (κ2) is 7.87. The van der Waals surface area contributed by atoms with E-state index < -0.39 is 16.1 Å². The molecule has 2 aromatic carbocycles. The van der Waals surface area contributed by atoms with Crippen LogP contribution in [-0.2, 0) is 21.2 Å². The van der Waals surface area contributed by atoms with Gasteiger partial charge < -0.3 is 14.8 Å². The summed E-state index contributed by atoms with van der Waals surface area (Å²) in [6.07, 6.45) is 0.869. The van der Waals surface area contributed by atoms with Crippen LogP contribution in [0, 0.1) is 0 Å². The number of carbonyl (C=O) groups is 1. The number of rotatable bonds is 6. The molecule has 1 heterocycles. The maximum atomic E-state index is 12.5. The molecule has 1 aliphatic heterocycles. The zero-order valence-corrected chi connectivity index (χ0v) is 16.0. The Bertz CT molecular complexity index is 912. The third-order valence-corrected chi connectivity index (χ3v) is 5.45. The van der Waals surface area contributed by atoms with E-state index in [-0.39, 0.29) is 12.5 Å². The van der Waals surface area contributed by atoms with Crippen molar-refractivity contribution in [3.63, 3.8) is 0 Å². The van der Waals surface area contributed by atoms with Crippen molar-refractivity contribution in [2.24, 2.45) is 0 Å². The first-order valence-electron chi connectivity index (χ1n) is 8.52. The number of ether oxygens (including phenoxy) is 2. The van der Waals surface area contributed by atoms with Gasteiger partial charge in [0.2, 0.25) is 10.0 Å². The Morgan fingerprint density at radius 2 is 1.93 bits per heavy atom. The van der Waals surface area contributed by atoms with E-state index >= 15 is 0 Å². The van der Waals surface area contributed by atoms with E-state index in [9.17, 15) is 13.2 Å². The molecule has 1 atom stereocenters. The molecule has 1 amide bonds. The van der Waals surface area contributed by atoms with E-state index in [0.29, 0.717) is 24.4 Å². The third-order valence-electron chi connectivity index (χ3n) is 4.30. The molecule has 1 aliphatic rings. The number of anilines is 1. The minimum atomic E-state index is -3.51. The van der Waals surface area contributed by atoms with Crippen LogP contribution in [0.3, 0.4) is 0 Å². The molecular formula is C19H22N2O5S. The quantitative estimate of drug-likeness (QED) is 0.810. The van der Waals surface area contributed by atoms with Crippen LogP contribution in [0.5, 0.6) is 11.5 Å². The second-order valence-electron chi connectivity index (χ2n) is 6.26. The number of fused-ring (bicyclic) bond motifs is 1. The largest absolute Gasteiger partial charge is 0.497 e. The molecule has 3 rings (SSSR count). The number of carbonyl (C=O) groups excluding carboxylic acids is 1. The predicted molar refractivity (Wildman–Crippen MR) is 103 cm³/mol. The van der Waals surface area contributed by atoms with Gasteiger partial charge in [0.25, 0.3) is 5.91 Å². The highest BCUT2D eigenvalue weighted by Crippen LogP contribution is 2.34. The van der Waals surface area contributed by atoms with Crippen LogP contribution in [0.15, 0.2) is 48.5 Å². The molecule has 144 valence electrons. The predicted octanol–water partition coefficient (Wildman–Crippen LogP) is 1.58. The van der Waals surface area contributed by atoms with Crippen molar-refractivity contribution in [1.82, 2.24) is 5.32 Å². The average molecular weight is 390 g/mol. The number of methoxy groups -OCH3 is 1. The van der Waals surface area contributed by atoms with Gasteiger partial charge in [-0.3, -0.25) is 9.10 Å². The van der Waals surface area contributed by atoms with Crippen molar-refractivity contribution in [2.75, 3.05) is 30.8 Å². The van der Waals surface area contributed by atoms with Crippen molar-refractivity contribution in [2.45, 2.75) is 12.5 Å². The monoisotopic (exact) mass is 390 g/mol. The van der Waals surface area contributed by atoms with Gasteiger partial charge in [-0.05, 0) is 36.2 Å². The first kappa shape index (κ1) is 19.0. The lowest BCUT2D eigenvalue weighted by Gasteiger charge is -2.33. The Morgan fingerprint density at radius 3 is 2.59 bits per heavy atom. The third kappa shape index (κ3) is 4.51. The minimum Gasteiger partial charge on any atom is -0.497 e. The van der Waals surface area contributed by atoms with Gasteiger partial charge in [-0.1, -0.05) is 24.3 Å². The van der Waals surface area contributed by atoms with Crippen molar-refractivity contribution in [3.05, 3.63) is 54.1 Å². The Balaban J connectivity index is 1.63. The molecule has 27 heavy (non-hydrogen) atoms. The summed E-state index contributed by atoms with van der Waals surface area (Å²) in [5.41, 5.74) is 1.51. The standard InChI is InChI=1S/C19H22N2O5S/c1-25-15-9-7-14(8-10-15)11-12-20-19(22)18-13-21(27(2,23)24)16-5-3-4-6-17(16)26-18/h3-10,18H,11-13H2,1-2H3,(H,20,22)/t18-/m1/s1. The van der Waals surface area contributed by atoms with Gasteiger partial charge in [-0.15, -0.1) is 0 Å². The summed E-state index contributed by atoms with van der Waals surface area (Å²) in [6.45, 7) is 0.371. The molecule has 0 aliphatic carbocycles. The Kier molecular flexibility index (Phi) is 5.55. The minimum absolute atomic E-state index is 0.0514. The average Bonchev–Trinajstić information content (AvgIpc) is 2.66. The fourth-order valence-corrected chi connectivity index (χ4v) is 3.80. The van der Waals surface area contributed by atoms with Crippen LogP contribution in [0.25, 0.3) is 0 Å². The van der Waals surface area contributed by atoms with E-state index in [1.54, 1.807) is 31.4 Å². The summed E-state index contributed by atoms with van der Waals surface area (Å²) in [7, 11) is -1.91. The van der Waals surface area contributed by atoms with Crippen molar-refractivity contribution in [1.29, 1.82) is 0 Å². The van der Waals surface area contributed by atoms with E-state index in [4.69, 9.17) is 9.47 Å². The van der Waals surface area contributed by atoms with Crippen LogP contribution in [0.4, 0.5) is 5.69 Å². The maximum Gasteiger partial charge on any atom is 0.263 e. The molecule has 8 heteroatoms.